The average molecular weight is 959 g/mol. The SMILES string of the molecule is N#Cc1cccc(-c2cc(-n3c4ccccc4c4ccc(-c5cc(C(F)(F)F)cc(C(F)(F)F)c5)cc43)c(-n3c4ccccc4c4ccc(-c5cc(C(F)(F)F)cc(C(F)(F)F)c5)cc43)cc2C#N)c1. The molecule has 10 rings (SSSR count). The van der Waals surface area contributed by atoms with Crippen LogP contribution in [0.25, 0.3) is 88.4 Å². The normalized spacial score (nSPS) is 12.5. The molecule has 0 fully saturated rings. The molecule has 0 aliphatic carbocycles. The first-order chi connectivity index (χ1) is 33.1. The smallest absolute Gasteiger partial charge is 0.307 e. The molecule has 4 nitrogen and oxygen atoms in total. The van der Waals surface area contributed by atoms with Crippen molar-refractivity contribution >= 4 is 43.6 Å². The van der Waals surface area contributed by atoms with Crippen LogP contribution >= 0.6 is 0 Å². The Morgan fingerprint density at radius 3 is 1.16 bits per heavy atom. The van der Waals surface area contributed by atoms with Crippen LogP contribution in [-0.2, 0) is 24.7 Å². The molecule has 0 unspecified atom stereocenters. The fourth-order valence-corrected chi connectivity index (χ4v) is 9.09. The number of hydrogen-bond donors (Lipinski definition) is 0. The van der Waals surface area contributed by atoms with E-state index in [-0.39, 0.29) is 56.8 Å². The van der Waals surface area contributed by atoms with E-state index < -0.39 is 58.1 Å². The number of nitriles is 2. The maximum absolute atomic E-state index is 14.2. The summed E-state index contributed by atoms with van der Waals surface area (Å²) in [4.78, 5) is 0. The topological polar surface area (TPSA) is 57.4 Å². The van der Waals surface area contributed by atoms with Gasteiger partial charge in [0.05, 0.1) is 79.0 Å². The van der Waals surface area contributed by atoms with E-state index >= 15 is 0 Å². The van der Waals surface area contributed by atoms with Crippen LogP contribution in [0.15, 0.2) is 158 Å². The second kappa shape index (κ2) is 16.1. The van der Waals surface area contributed by atoms with E-state index in [4.69, 9.17) is 0 Å². The molecule has 10 aromatic rings. The van der Waals surface area contributed by atoms with Gasteiger partial charge < -0.3 is 9.13 Å². The van der Waals surface area contributed by atoms with Crippen LogP contribution in [0, 0.1) is 22.7 Å². The first-order valence-electron chi connectivity index (χ1n) is 20.9. The van der Waals surface area contributed by atoms with Crippen molar-refractivity contribution in [3.63, 3.8) is 0 Å². The van der Waals surface area contributed by atoms with Gasteiger partial charge in [-0.3, -0.25) is 0 Å². The maximum atomic E-state index is 14.2. The zero-order valence-electron chi connectivity index (χ0n) is 35.3. The van der Waals surface area contributed by atoms with Crippen LogP contribution in [0.1, 0.15) is 33.4 Å². The molecule has 2 heterocycles. The molecule has 0 bridgehead atoms. The molecule has 8 aromatic carbocycles. The van der Waals surface area contributed by atoms with Crippen molar-refractivity contribution in [2.75, 3.05) is 0 Å². The lowest BCUT2D eigenvalue weighted by atomic mass is 9.96. The number of hydrogen-bond acceptors (Lipinski definition) is 2. The van der Waals surface area contributed by atoms with Gasteiger partial charge in [0.1, 0.15) is 0 Å². The van der Waals surface area contributed by atoms with Gasteiger partial charge in [-0.15, -0.1) is 0 Å². The number of aromatic nitrogens is 2. The molecule has 0 amide bonds. The number of benzene rings is 8. The Morgan fingerprint density at radius 2 is 0.743 bits per heavy atom. The number of rotatable bonds is 5. The first-order valence-corrected chi connectivity index (χ1v) is 20.9. The summed E-state index contributed by atoms with van der Waals surface area (Å²) >= 11 is 0. The molecule has 70 heavy (non-hydrogen) atoms. The highest BCUT2D eigenvalue weighted by Gasteiger charge is 2.39. The quantitative estimate of drug-likeness (QED) is 0.161. The van der Waals surface area contributed by atoms with E-state index in [1.165, 1.54) is 30.3 Å². The van der Waals surface area contributed by atoms with Crippen LogP contribution in [0.4, 0.5) is 52.7 Å². The van der Waals surface area contributed by atoms with Crippen molar-refractivity contribution < 1.29 is 52.7 Å². The maximum Gasteiger partial charge on any atom is 0.416 e. The lowest BCUT2D eigenvalue weighted by Gasteiger charge is -2.20. The van der Waals surface area contributed by atoms with E-state index in [0.29, 0.717) is 68.0 Å². The van der Waals surface area contributed by atoms with Gasteiger partial charge in [-0.05, 0) is 113 Å². The van der Waals surface area contributed by atoms with Gasteiger partial charge in [0.15, 0.2) is 0 Å². The van der Waals surface area contributed by atoms with Gasteiger partial charge >= 0.3 is 24.7 Å². The molecular weight excluding hydrogens is 933 g/mol. The third kappa shape index (κ3) is 7.81. The Kier molecular flexibility index (Phi) is 10.4. The highest BCUT2D eigenvalue weighted by molar-refractivity contribution is 6.13. The van der Waals surface area contributed by atoms with Gasteiger partial charge in [-0.25, -0.2) is 0 Å². The summed E-state index contributed by atoms with van der Waals surface area (Å²) < 4.78 is 173. The van der Waals surface area contributed by atoms with Crippen LogP contribution in [-0.4, -0.2) is 9.13 Å². The van der Waals surface area contributed by atoms with Crippen LogP contribution < -0.4 is 0 Å². The molecule has 0 N–H and O–H groups in total. The third-order valence-electron chi connectivity index (χ3n) is 12.2. The Labute approximate surface area is 387 Å². The highest BCUT2D eigenvalue weighted by atomic mass is 19.4. The minimum absolute atomic E-state index is 0.0221. The minimum atomic E-state index is -5.14. The van der Waals surface area contributed by atoms with Gasteiger partial charge in [-0.1, -0.05) is 72.8 Å². The van der Waals surface area contributed by atoms with Gasteiger partial charge in [-0.2, -0.15) is 63.2 Å². The van der Waals surface area contributed by atoms with Crippen molar-refractivity contribution in [1.82, 2.24) is 9.13 Å². The Morgan fingerprint density at radius 1 is 0.329 bits per heavy atom. The number of alkyl halides is 12. The van der Waals surface area contributed by atoms with Crippen molar-refractivity contribution in [3.05, 3.63) is 191 Å². The molecule has 0 saturated heterocycles. The molecule has 0 atom stereocenters. The van der Waals surface area contributed by atoms with E-state index in [1.54, 1.807) is 100 Å². The zero-order valence-corrected chi connectivity index (χ0v) is 35.3. The van der Waals surface area contributed by atoms with Crippen LogP contribution in [0.3, 0.4) is 0 Å². The average Bonchev–Trinajstić information content (AvgIpc) is 3.84. The summed E-state index contributed by atoms with van der Waals surface area (Å²) in [5.74, 6) is 0. The molecular formula is C54H26F12N4. The van der Waals surface area contributed by atoms with Crippen molar-refractivity contribution in [3.8, 4) is 56.9 Å². The summed E-state index contributed by atoms with van der Waals surface area (Å²) in [5, 5.41) is 22.9. The molecule has 0 spiro atoms. The van der Waals surface area contributed by atoms with Gasteiger partial charge in [0.2, 0.25) is 0 Å². The summed E-state index contributed by atoms with van der Waals surface area (Å²) in [5.41, 5.74) is -3.89. The summed E-state index contributed by atoms with van der Waals surface area (Å²) in [6, 6.07) is 39.0. The number of para-hydroxylation sites is 2. The Balaban J connectivity index is 1.33. The summed E-state index contributed by atoms with van der Waals surface area (Å²) in [7, 11) is 0. The molecule has 16 heteroatoms. The number of fused-ring (bicyclic) bond motifs is 6. The molecule has 0 aliphatic rings. The van der Waals surface area contributed by atoms with Gasteiger partial charge in [0, 0.05) is 27.1 Å². The van der Waals surface area contributed by atoms with Crippen molar-refractivity contribution in [2.45, 2.75) is 24.7 Å². The number of nitrogens with zero attached hydrogens (tertiary/aromatic N) is 4. The van der Waals surface area contributed by atoms with E-state index in [1.807, 2.05) is 0 Å². The minimum Gasteiger partial charge on any atom is -0.307 e. The summed E-state index contributed by atoms with van der Waals surface area (Å²) in [6.07, 6.45) is -20.6. The van der Waals surface area contributed by atoms with Crippen molar-refractivity contribution in [1.29, 1.82) is 10.5 Å². The predicted molar refractivity (Wildman–Crippen MR) is 241 cm³/mol. The fourth-order valence-electron chi connectivity index (χ4n) is 9.09. The second-order valence-corrected chi connectivity index (χ2v) is 16.4. The Bertz CT molecular complexity index is 3810. The third-order valence-corrected chi connectivity index (χ3v) is 12.2. The lowest BCUT2D eigenvalue weighted by Crippen LogP contribution is -2.11. The molecule has 346 valence electrons. The summed E-state index contributed by atoms with van der Waals surface area (Å²) in [6.45, 7) is 0. The first kappa shape index (κ1) is 45.3. The van der Waals surface area contributed by atoms with E-state index in [9.17, 15) is 63.2 Å². The van der Waals surface area contributed by atoms with Crippen LogP contribution in [0.5, 0.6) is 0 Å². The van der Waals surface area contributed by atoms with Crippen molar-refractivity contribution in [2.24, 2.45) is 0 Å². The van der Waals surface area contributed by atoms with E-state index in [0.717, 1.165) is 0 Å². The molecule has 0 aliphatic heterocycles. The highest BCUT2D eigenvalue weighted by Crippen LogP contribution is 2.45. The standard InChI is InChI=1S/C54H26F12N4/c55-51(56,57)36-17-33(18-37(24-36)52(58,59)60)30-12-14-42-40-8-1-3-10-45(40)69(47(42)21-30)49-23-35(28-68)44(32-7-5-6-29(16-32)27-67)26-50(49)70-46-11-4-2-9-41(46)43-15-13-31(22-48(43)70)34-19-38(53(61,62)63)25-39(20-34)54(64,65)66/h1-26H. The molecule has 0 radical (unpaired) electrons. The molecule has 0 saturated carbocycles. The lowest BCUT2D eigenvalue weighted by molar-refractivity contribution is -0.144. The van der Waals surface area contributed by atoms with Gasteiger partial charge in [0.25, 0.3) is 0 Å². The second-order valence-electron chi connectivity index (χ2n) is 16.4. The van der Waals surface area contributed by atoms with E-state index in [2.05, 4.69) is 12.1 Å². The largest absolute Gasteiger partial charge is 0.416 e. The Hall–Kier alpha value is -8.50. The molecule has 2 aromatic heterocycles. The fraction of sp³-hybridized carbons (Fsp3) is 0.0741. The number of halogens is 12. The zero-order chi connectivity index (χ0) is 49.7. The monoisotopic (exact) mass is 958 g/mol. The van der Waals surface area contributed by atoms with Crippen LogP contribution in [0.2, 0.25) is 0 Å². The predicted octanol–water partition coefficient (Wildman–Crippen LogP) is 16.7.